The number of likely N-dealkylation sites (N-methyl/N-ethyl adjacent to an activating group) is 1. The van der Waals surface area contributed by atoms with Gasteiger partial charge in [-0.1, -0.05) is 42.5 Å². The summed E-state index contributed by atoms with van der Waals surface area (Å²) < 4.78 is 0. The smallest absolute Gasteiger partial charge is 0.0440 e. The van der Waals surface area contributed by atoms with Crippen LogP contribution in [0.25, 0.3) is 0 Å². The number of hydrogen-bond acceptors (Lipinski definition) is 1. The number of fused-ring (bicyclic) bond motifs is 9. The van der Waals surface area contributed by atoms with Crippen LogP contribution in [0.1, 0.15) is 41.4 Å². The molecule has 2 aromatic carbocycles. The number of nitrogens with zero attached hydrogens (tertiary/aromatic N) is 1. The summed E-state index contributed by atoms with van der Waals surface area (Å²) in [6.07, 6.45) is 0. The van der Waals surface area contributed by atoms with E-state index in [0.29, 0.717) is 0 Å². The fourth-order valence-corrected chi connectivity index (χ4v) is 4.85. The van der Waals surface area contributed by atoms with E-state index in [9.17, 15) is 0 Å². The largest absolute Gasteiger partial charge is 0.367 e. The number of rotatable bonds is 1. The monoisotopic (exact) mass is 247 g/mol. The Morgan fingerprint density at radius 2 is 1.37 bits per heavy atom. The summed E-state index contributed by atoms with van der Waals surface area (Å²) in [4.78, 5) is 2.64. The zero-order chi connectivity index (χ0) is 12.6. The van der Waals surface area contributed by atoms with E-state index in [-0.39, 0.29) is 0 Å². The van der Waals surface area contributed by atoms with Gasteiger partial charge in [-0.05, 0) is 29.7 Å². The minimum atomic E-state index is 0.724. The Bertz CT molecular complexity index is 675. The van der Waals surface area contributed by atoms with Gasteiger partial charge < -0.3 is 4.90 Å². The maximum Gasteiger partial charge on any atom is 0.0440 e. The molecule has 3 aliphatic rings. The van der Waals surface area contributed by atoms with Crippen LogP contribution in [0.15, 0.2) is 48.5 Å². The first-order valence-corrected chi connectivity index (χ1v) is 7.36. The van der Waals surface area contributed by atoms with Crippen molar-refractivity contribution < 1.29 is 0 Å². The zero-order valence-electron chi connectivity index (χ0n) is 11.1. The van der Waals surface area contributed by atoms with Gasteiger partial charge in [0.25, 0.3) is 0 Å². The maximum atomic E-state index is 2.64. The van der Waals surface area contributed by atoms with Crippen LogP contribution in [0, 0.1) is 0 Å². The van der Waals surface area contributed by atoms with Gasteiger partial charge in [-0.15, -0.1) is 0 Å². The lowest BCUT2D eigenvalue weighted by Gasteiger charge is -2.59. The molecule has 94 valence electrons. The molecule has 4 atom stereocenters. The SMILES string of the molecule is CCN1c2ccccc2[C@H]2[C@H]3c4ccccc4[C@H]3[C@H]21. The maximum absolute atomic E-state index is 2.64. The summed E-state index contributed by atoms with van der Waals surface area (Å²) in [6, 6.07) is 18.8. The van der Waals surface area contributed by atoms with Gasteiger partial charge in [0, 0.05) is 36.0 Å². The third-order valence-corrected chi connectivity index (χ3v) is 5.53. The molecule has 0 bridgehead atoms. The Balaban J connectivity index is 1.68. The first-order valence-electron chi connectivity index (χ1n) is 7.36. The van der Waals surface area contributed by atoms with Gasteiger partial charge in [0.2, 0.25) is 0 Å². The van der Waals surface area contributed by atoms with E-state index in [1.54, 1.807) is 16.7 Å². The molecule has 19 heavy (non-hydrogen) atoms. The van der Waals surface area contributed by atoms with Crippen LogP contribution in [-0.4, -0.2) is 12.6 Å². The molecule has 0 unspecified atom stereocenters. The van der Waals surface area contributed by atoms with Crippen molar-refractivity contribution in [3.8, 4) is 0 Å². The molecule has 1 saturated carbocycles. The molecule has 5 rings (SSSR count). The van der Waals surface area contributed by atoms with Gasteiger partial charge in [0.1, 0.15) is 0 Å². The highest BCUT2D eigenvalue weighted by Gasteiger charge is 2.63. The summed E-state index contributed by atoms with van der Waals surface area (Å²) in [5.74, 6) is 2.32. The van der Waals surface area contributed by atoms with E-state index in [4.69, 9.17) is 0 Å². The van der Waals surface area contributed by atoms with E-state index >= 15 is 0 Å². The fraction of sp³-hybridized carbons (Fsp3) is 0.333. The Morgan fingerprint density at radius 3 is 2.11 bits per heavy atom. The molecule has 0 radical (unpaired) electrons. The van der Waals surface area contributed by atoms with E-state index in [1.807, 2.05) is 0 Å². The van der Waals surface area contributed by atoms with Gasteiger partial charge in [-0.25, -0.2) is 0 Å². The fourth-order valence-electron chi connectivity index (χ4n) is 4.85. The molecular weight excluding hydrogens is 230 g/mol. The lowest BCUT2D eigenvalue weighted by atomic mass is 9.47. The molecule has 0 spiro atoms. The highest BCUT2D eigenvalue weighted by Crippen LogP contribution is 2.71. The van der Waals surface area contributed by atoms with Crippen LogP contribution < -0.4 is 4.90 Å². The molecule has 1 fully saturated rings. The minimum Gasteiger partial charge on any atom is -0.367 e. The van der Waals surface area contributed by atoms with Gasteiger partial charge in [0.05, 0.1) is 0 Å². The molecule has 2 aromatic rings. The average Bonchev–Trinajstić information content (AvgIpc) is 2.68. The second-order valence-electron chi connectivity index (χ2n) is 6.04. The first kappa shape index (κ1) is 10.1. The van der Waals surface area contributed by atoms with Gasteiger partial charge >= 0.3 is 0 Å². The topological polar surface area (TPSA) is 3.24 Å². The standard InChI is InChI=1S/C18H17N/c1-2-19-14-10-6-5-9-13(14)17-15-11-7-3-4-8-12(11)16(15)18(17)19/h3-10,15-18H,2H2,1H3/t15-,16+,17-,18+/m0/s1. The van der Waals surface area contributed by atoms with Crippen LogP contribution in [0.4, 0.5) is 5.69 Å². The van der Waals surface area contributed by atoms with Crippen molar-refractivity contribution in [3.63, 3.8) is 0 Å². The van der Waals surface area contributed by atoms with Gasteiger partial charge in [0.15, 0.2) is 0 Å². The van der Waals surface area contributed by atoms with Crippen molar-refractivity contribution in [1.29, 1.82) is 0 Å². The lowest BCUT2D eigenvalue weighted by molar-refractivity contribution is 0.198. The molecular formula is C18H17N. The van der Waals surface area contributed by atoms with E-state index < -0.39 is 0 Å². The second-order valence-corrected chi connectivity index (χ2v) is 6.04. The molecule has 1 aliphatic heterocycles. The quantitative estimate of drug-likeness (QED) is 0.739. The van der Waals surface area contributed by atoms with Crippen molar-refractivity contribution >= 4 is 5.69 Å². The predicted octanol–water partition coefficient (Wildman–Crippen LogP) is 3.87. The summed E-state index contributed by atoms with van der Waals surface area (Å²) in [5.41, 5.74) is 6.30. The first-order chi connectivity index (χ1) is 9.42. The van der Waals surface area contributed by atoms with Crippen LogP contribution in [0.2, 0.25) is 0 Å². The molecule has 0 saturated heterocycles. The van der Waals surface area contributed by atoms with Crippen molar-refractivity contribution in [1.82, 2.24) is 0 Å². The predicted molar refractivity (Wildman–Crippen MR) is 77.9 cm³/mol. The van der Waals surface area contributed by atoms with Crippen LogP contribution in [-0.2, 0) is 0 Å². The Morgan fingerprint density at radius 1 is 0.789 bits per heavy atom. The minimum absolute atomic E-state index is 0.724. The van der Waals surface area contributed by atoms with Crippen molar-refractivity contribution in [3.05, 3.63) is 65.2 Å². The lowest BCUT2D eigenvalue weighted by Crippen LogP contribution is -2.56. The highest BCUT2D eigenvalue weighted by atomic mass is 15.2. The molecule has 0 aromatic heterocycles. The summed E-state index contributed by atoms with van der Waals surface area (Å²) >= 11 is 0. The third kappa shape index (κ3) is 0.971. The molecule has 0 N–H and O–H groups in total. The Kier molecular flexibility index (Phi) is 1.71. The Labute approximate surface area is 113 Å². The average molecular weight is 247 g/mol. The van der Waals surface area contributed by atoms with E-state index in [0.717, 1.165) is 30.3 Å². The molecule has 1 heterocycles. The molecule has 1 nitrogen and oxygen atoms in total. The van der Waals surface area contributed by atoms with Crippen molar-refractivity contribution in [2.75, 3.05) is 11.4 Å². The molecule has 1 heteroatoms. The third-order valence-electron chi connectivity index (χ3n) is 5.53. The molecule has 0 amide bonds. The summed E-state index contributed by atoms with van der Waals surface area (Å²) in [6.45, 7) is 3.42. The number of benzene rings is 2. The number of anilines is 1. The number of hydrogen-bond donors (Lipinski definition) is 0. The van der Waals surface area contributed by atoms with Crippen molar-refractivity contribution in [2.45, 2.75) is 30.7 Å². The number of para-hydroxylation sites is 1. The van der Waals surface area contributed by atoms with E-state index in [1.165, 1.54) is 5.69 Å². The summed E-state index contributed by atoms with van der Waals surface area (Å²) in [5, 5.41) is 0. The second kappa shape index (κ2) is 3.22. The molecule has 2 aliphatic carbocycles. The Hall–Kier alpha value is -1.76. The normalized spacial score (nSPS) is 32.6. The zero-order valence-corrected chi connectivity index (χ0v) is 11.1. The van der Waals surface area contributed by atoms with Crippen LogP contribution >= 0.6 is 0 Å². The summed E-state index contributed by atoms with van der Waals surface area (Å²) in [7, 11) is 0. The van der Waals surface area contributed by atoms with E-state index in [2.05, 4.69) is 60.4 Å². The van der Waals surface area contributed by atoms with Crippen LogP contribution in [0.5, 0.6) is 0 Å². The van der Waals surface area contributed by atoms with Gasteiger partial charge in [-0.3, -0.25) is 0 Å². The highest BCUT2D eigenvalue weighted by molar-refractivity contribution is 5.71. The van der Waals surface area contributed by atoms with Crippen molar-refractivity contribution in [2.24, 2.45) is 0 Å². The van der Waals surface area contributed by atoms with Crippen LogP contribution in [0.3, 0.4) is 0 Å². The van der Waals surface area contributed by atoms with Gasteiger partial charge in [-0.2, -0.15) is 0 Å².